The van der Waals surface area contributed by atoms with Crippen LogP contribution in [-0.4, -0.2) is 35.7 Å². The minimum Gasteiger partial charge on any atom is -0.490 e. The summed E-state index contributed by atoms with van der Waals surface area (Å²) in [6.07, 6.45) is 3.66. The lowest BCUT2D eigenvalue weighted by atomic mass is 10.00. The molecule has 7 nitrogen and oxygen atoms in total. The van der Waals surface area contributed by atoms with Crippen molar-refractivity contribution in [3.05, 3.63) is 71.4 Å². The Bertz CT molecular complexity index is 1480. The molecule has 1 aliphatic rings. The molecule has 1 aliphatic heterocycles. The largest absolute Gasteiger partial charge is 0.490 e. The van der Waals surface area contributed by atoms with E-state index in [0.717, 1.165) is 0 Å². The highest BCUT2D eigenvalue weighted by atomic mass is 35.5. The van der Waals surface area contributed by atoms with Crippen LogP contribution in [0.25, 0.3) is 28.1 Å². The zero-order valence-electron chi connectivity index (χ0n) is 15.8. The maximum atomic E-state index is 14.3. The SMILES string of the molecule is Fc1ccc2ncn(-c3ncc4nc(Cl)n([C@@H]5CCOc6c(F)cccc65)c4n3)c2c1. The molecule has 0 spiro atoms. The highest BCUT2D eigenvalue weighted by Crippen LogP contribution is 2.39. The van der Waals surface area contributed by atoms with Crippen LogP contribution >= 0.6 is 11.6 Å². The lowest BCUT2D eigenvalue weighted by molar-refractivity contribution is 0.245. The van der Waals surface area contributed by atoms with Gasteiger partial charge in [-0.2, -0.15) is 4.98 Å². The van der Waals surface area contributed by atoms with Crippen molar-refractivity contribution in [3.63, 3.8) is 0 Å². The Hall–Kier alpha value is -3.59. The summed E-state index contributed by atoms with van der Waals surface area (Å²) in [4.78, 5) is 17.7. The minimum atomic E-state index is -0.426. The molecular formula is C21H13ClF2N6O. The molecule has 2 aromatic carbocycles. The fourth-order valence-corrected chi connectivity index (χ4v) is 4.31. The molecule has 5 aromatic rings. The zero-order valence-corrected chi connectivity index (χ0v) is 16.6. The zero-order chi connectivity index (χ0) is 21.1. The van der Waals surface area contributed by atoms with Crippen LogP contribution in [0.5, 0.6) is 5.75 Å². The predicted octanol–water partition coefficient (Wildman–Crippen LogP) is 4.47. The third kappa shape index (κ3) is 2.77. The number of ether oxygens (including phenoxy) is 1. The lowest BCUT2D eigenvalue weighted by Gasteiger charge is -2.27. The van der Waals surface area contributed by atoms with Crippen molar-refractivity contribution in [3.8, 4) is 11.7 Å². The van der Waals surface area contributed by atoms with Gasteiger partial charge in [-0.1, -0.05) is 12.1 Å². The van der Waals surface area contributed by atoms with Crippen molar-refractivity contribution < 1.29 is 13.5 Å². The Kier molecular flexibility index (Phi) is 3.94. The average Bonchev–Trinajstić information content (AvgIpc) is 3.33. The third-order valence-corrected chi connectivity index (χ3v) is 5.67. The minimum absolute atomic E-state index is 0.210. The second-order valence-electron chi connectivity index (χ2n) is 7.19. The molecule has 0 unspecified atom stereocenters. The van der Waals surface area contributed by atoms with Crippen molar-refractivity contribution in [2.75, 3.05) is 6.61 Å². The Labute approximate surface area is 178 Å². The third-order valence-electron chi connectivity index (χ3n) is 5.41. The van der Waals surface area contributed by atoms with E-state index in [1.54, 1.807) is 33.5 Å². The molecule has 0 aliphatic carbocycles. The first-order valence-electron chi connectivity index (χ1n) is 9.55. The number of nitrogens with zero attached hydrogens (tertiary/aromatic N) is 6. The lowest BCUT2D eigenvalue weighted by Crippen LogP contribution is -2.21. The molecule has 0 saturated carbocycles. The summed E-state index contributed by atoms with van der Waals surface area (Å²) in [7, 11) is 0. The van der Waals surface area contributed by atoms with Gasteiger partial charge in [0.2, 0.25) is 11.2 Å². The molecule has 31 heavy (non-hydrogen) atoms. The number of benzene rings is 2. The number of imidazole rings is 2. The van der Waals surface area contributed by atoms with Gasteiger partial charge in [0.25, 0.3) is 0 Å². The molecule has 1 atom stereocenters. The van der Waals surface area contributed by atoms with E-state index in [2.05, 4.69) is 19.9 Å². The van der Waals surface area contributed by atoms with E-state index in [4.69, 9.17) is 16.3 Å². The summed E-state index contributed by atoms with van der Waals surface area (Å²) in [5.41, 5.74) is 2.80. The van der Waals surface area contributed by atoms with Crippen LogP contribution in [0.3, 0.4) is 0 Å². The predicted molar refractivity (Wildman–Crippen MR) is 110 cm³/mol. The Morgan fingerprint density at radius 2 is 1.97 bits per heavy atom. The average molecular weight is 439 g/mol. The quantitative estimate of drug-likeness (QED) is 0.380. The number of halogens is 3. The molecule has 6 rings (SSSR count). The second-order valence-corrected chi connectivity index (χ2v) is 7.53. The molecular weight excluding hydrogens is 426 g/mol. The van der Waals surface area contributed by atoms with Gasteiger partial charge < -0.3 is 4.74 Å². The van der Waals surface area contributed by atoms with Crippen LogP contribution in [0.4, 0.5) is 8.78 Å². The van der Waals surface area contributed by atoms with Crippen molar-refractivity contribution >= 4 is 33.8 Å². The highest BCUT2D eigenvalue weighted by Gasteiger charge is 2.29. The van der Waals surface area contributed by atoms with Gasteiger partial charge in [0.05, 0.1) is 29.9 Å². The molecule has 3 aromatic heterocycles. The molecule has 0 N–H and O–H groups in total. The standard InChI is InChI=1S/C21H13ClF2N6O/c22-20-27-15-9-25-21(29-10-26-14-5-4-11(23)8-17(14)29)28-19(15)30(20)16-6-7-31-18-12(16)2-1-3-13(18)24/h1-5,8-10,16H,6-7H2/t16-/m1/s1. The van der Waals surface area contributed by atoms with Crippen LogP contribution in [-0.2, 0) is 0 Å². The van der Waals surface area contributed by atoms with Gasteiger partial charge in [-0.25, -0.2) is 23.7 Å². The number of aromatic nitrogens is 6. The fraction of sp³-hybridized carbons (Fsp3) is 0.143. The summed E-state index contributed by atoms with van der Waals surface area (Å²) in [6, 6.07) is 8.80. The van der Waals surface area contributed by atoms with Gasteiger partial charge >= 0.3 is 0 Å². The van der Waals surface area contributed by atoms with Gasteiger partial charge in [0.15, 0.2) is 17.2 Å². The van der Waals surface area contributed by atoms with Crippen molar-refractivity contribution in [1.82, 2.24) is 29.1 Å². The van der Waals surface area contributed by atoms with Crippen molar-refractivity contribution in [2.45, 2.75) is 12.5 Å². The molecule has 154 valence electrons. The Morgan fingerprint density at radius 1 is 1.06 bits per heavy atom. The van der Waals surface area contributed by atoms with E-state index >= 15 is 0 Å². The second kappa shape index (κ2) is 6.71. The van der Waals surface area contributed by atoms with Gasteiger partial charge in [-0.05, 0) is 29.8 Å². The van der Waals surface area contributed by atoms with Crippen LogP contribution in [0, 0.1) is 11.6 Å². The molecule has 0 radical (unpaired) electrons. The van der Waals surface area contributed by atoms with Crippen molar-refractivity contribution in [2.24, 2.45) is 0 Å². The summed E-state index contributed by atoms with van der Waals surface area (Å²) in [5, 5.41) is 0.213. The Balaban J connectivity index is 1.55. The molecule has 0 bridgehead atoms. The van der Waals surface area contributed by atoms with E-state index in [9.17, 15) is 8.78 Å². The first-order chi connectivity index (χ1) is 15.1. The summed E-state index contributed by atoms with van der Waals surface area (Å²) in [5.74, 6) is -0.304. The van der Waals surface area contributed by atoms with Crippen LogP contribution in [0.15, 0.2) is 48.9 Å². The summed E-state index contributed by atoms with van der Waals surface area (Å²) < 4.78 is 37.0. The van der Waals surface area contributed by atoms with E-state index in [-0.39, 0.29) is 22.9 Å². The van der Waals surface area contributed by atoms with E-state index < -0.39 is 5.82 Å². The topological polar surface area (TPSA) is 70.7 Å². The number of hydrogen-bond acceptors (Lipinski definition) is 5. The number of fused-ring (bicyclic) bond motifs is 3. The molecule has 4 heterocycles. The number of hydrogen-bond donors (Lipinski definition) is 0. The molecule has 0 amide bonds. The van der Waals surface area contributed by atoms with Gasteiger partial charge in [-0.15, -0.1) is 0 Å². The molecule has 0 fully saturated rings. The monoisotopic (exact) mass is 438 g/mol. The van der Waals surface area contributed by atoms with E-state index in [0.29, 0.717) is 46.7 Å². The number of rotatable bonds is 2. The normalized spacial score (nSPS) is 15.9. The van der Waals surface area contributed by atoms with E-state index in [1.807, 2.05) is 0 Å². The van der Waals surface area contributed by atoms with Gasteiger partial charge in [0, 0.05) is 18.1 Å². The van der Waals surface area contributed by atoms with Crippen molar-refractivity contribution in [1.29, 1.82) is 0 Å². The van der Waals surface area contributed by atoms with Crippen LogP contribution in [0.2, 0.25) is 5.28 Å². The summed E-state index contributed by atoms with van der Waals surface area (Å²) in [6.45, 7) is 0.331. The molecule has 10 heteroatoms. The van der Waals surface area contributed by atoms with Gasteiger partial charge in [0.1, 0.15) is 17.7 Å². The maximum Gasteiger partial charge on any atom is 0.237 e. The number of para-hydroxylation sites is 1. The first kappa shape index (κ1) is 18.2. The van der Waals surface area contributed by atoms with Crippen LogP contribution < -0.4 is 4.74 Å². The molecule has 0 saturated heterocycles. The Morgan fingerprint density at radius 3 is 2.87 bits per heavy atom. The highest BCUT2D eigenvalue weighted by molar-refractivity contribution is 6.29. The van der Waals surface area contributed by atoms with Crippen LogP contribution in [0.1, 0.15) is 18.0 Å². The maximum absolute atomic E-state index is 14.3. The smallest absolute Gasteiger partial charge is 0.237 e. The van der Waals surface area contributed by atoms with Gasteiger partial charge in [-0.3, -0.25) is 9.13 Å². The summed E-state index contributed by atoms with van der Waals surface area (Å²) >= 11 is 6.48. The first-order valence-corrected chi connectivity index (χ1v) is 9.92. The fourth-order valence-electron chi connectivity index (χ4n) is 4.02. The van der Waals surface area contributed by atoms with E-state index in [1.165, 1.54) is 24.5 Å².